The van der Waals surface area contributed by atoms with Gasteiger partial charge in [0.25, 0.3) is 0 Å². The SMILES string of the molecule is CC.CCC(=O)c1cc2ccccc2o1.Cl.O=C(CCCC(c1ccccc1)c1ccccc1)N1CCN(CC(O)c2cc3ccccc3o2)CC1.O=C(CCCC(c1ccccc1)c1ccccc1)N1CCNCC1. The summed E-state index contributed by atoms with van der Waals surface area (Å²) in [6.45, 7) is 12.8. The van der Waals surface area contributed by atoms with Gasteiger partial charge in [-0.15, -0.1) is 12.4 Å². The summed E-state index contributed by atoms with van der Waals surface area (Å²) in [5, 5.41) is 16.0. The van der Waals surface area contributed by atoms with Crippen LogP contribution in [0, 0.1) is 0 Å². The number of halogens is 1. The molecule has 1 unspecified atom stereocenters. The zero-order chi connectivity index (χ0) is 52.6. The quantitative estimate of drug-likeness (QED) is 0.0866. The summed E-state index contributed by atoms with van der Waals surface area (Å²) in [4.78, 5) is 42.8. The maximum absolute atomic E-state index is 12.9. The molecule has 2 amide bonds. The van der Waals surface area contributed by atoms with Gasteiger partial charge in [-0.1, -0.05) is 178 Å². The molecule has 6 aromatic carbocycles. The first-order chi connectivity index (χ1) is 36.8. The Morgan fingerprint density at radius 3 is 1.34 bits per heavy atom. The van der Waals surface area contributed by atoms with Crippen LogP contribution in [0.5, 0.6) is 0 Å². The fourth-order valence-corrected chi connectivity index (χ4v) is 9.91. The number of benzene rings is 6. The molecule has 11 heteroatoms. The predicted molar refractivity (Wildman–Crippen MR) is 310 cm³/mol. The highest BCUT2D eigenvalue weighted by Crippen LogP contribution is 2.32. The number of nitrogens with one attached hydrogen (secondary N) is 1. The first-order valence-electron chi connectivity index (χ1n) is 27.2. The van der Waals surface area contributed by atoms with Gasteiger partial charge in [0.15, 0.2) is 11.5 Å². The molecule has 4 heterocycles. The number of carbonyl (C=O) groups excluding carboxylic acids is 3. The second kappa shape index (κ2) is 31.3. The summed E-state index contributed by atoms with van der Waals surface area (Å²) in [6, 6.07) is 61.5. The molecule has 1 atom stereocenters. The Labute approximate surface area is 456 Å². The molecular formula is C65H77ClN4O6. The molecule has 0 bridgehead atoms. The van der Waals surface area contributed by atoms with Crippen molar-refractivity contribution in [3.63, 3.8) is 0 Å². The Bertz CT molecular complexity index is 2770. The van der Waals surface area contributed by atoms with Crippen LogP contribution in [0.15, 0.2) is 191 Å². The van der Waals surface area contributed by atoms with Gasteiger partial charge in [0.05, 0.1) is 0 Å². The topological polar surface area (TPSA) is 119 Å². The van der Waals surface area contributed by atoms with Gasteiger partial charge in [-0.2, -0.15) is 0 Å². The van der Waals surface area contributed by atoms with Gasteiger partial charge in [-0.05, 0) is 72.2 Å². The molecule has 400 valence electrons. The highest BCUT2D eigenvalue weighted by atomic mass is 35.5. The lowest BCUT2D eigenvalue weighted by atomic mass is 9.87. The summed E-state index contributed by atoms with van der Waals surface area (Å²) in [5.41, 5.74) is 6.83. The van der Waals surface area contributed by atoms with Crippen molar-refractivity contribution < 1.29 is 28.3 Å². The van der Waals surface area contributed by atoms with Gasteiger partial charge in [0.2, 0.25) is 11.8 Å². The number of hydrogen-bond acceptors (Lipinski definition) is 8. The zero-order valence-corrected chi connectivity index (χ0v) is 45.4. The van der Waals surface area contributed by atoms with E-state index in [9.17, 15) is 19.5 Å². The highest BCUT2D eigenvalue weighted by molar-refractivity contribution is 5.97. The third kappa shape index (κ3) is 17.1. The Balaban J connectivity index is 0.000000201. The maximum Gasteiger partial charge on any atom is 0.222 e. The third-order valence-corrected chi connectivity index (χ3v) is 14.0. The highest BCUT2D eigenvalue weighted by Gasteiger charge is 2.25. The van der Waals surface area contributed by atoms with Crippen LogP contribution in [0.4, 0.5) is 0 Å². The number of rotatable bonds is 17. The number of aliphatic hydroxyl groups is 1. The number of Topliss-reactive ketones (excluding diaryl/α,β-unsaturated/α-hetero) is 1. The van der Waals surface area contributed by atoms with Crippen molar-refractivity contribution in [1.29, 1.82) is 0 Å². The van der Waals surface area contributed by atoms with Crippen LogP contribution < -0.4 is 5.32 Å². The number of piperazine rings is 2. The average Bonchev–Trinajstić information content (AvgIpc) is 4.13. The Hall–Kier alpha value is -6.82. The molecule has 2 N–H and O–H groups in total. The summed E-state index contributed by atoms with van der Waals surface area (Å²) >= 11 is 0. The monoisotopic (exact) mass is 1040 g/mol. The van der Waals surface area contributed by atoms with E-state index >= 15 is 0 Å². The number of para-hydroxylation sites is 2. The molecule has 2 aliphatic rings. The number of furan rings is 2. The first kappa shape index (κ1) is 58.4. The summed E-state index contributed by atoms with van der Waals surface area (Å²) < 4.78 is 11.2. The minimum absolute atomic E-state index is 0. The number of hydrogen-bond donors (Lipinski definition) is 2. The number of carbonyl (C=O) groups is 3. The number of aliphatic hydroxyl groups excluding tert-OH is 1. The van der Waals surface area contributed by atoms with E-state index in [-0.39, 0.29) is 24.1 Å². The molecular weight excluding hydrogens is 968 g/mol. The number of nitrogens with zero attached hydrogens (tertiary/aromatic N) is 3. The number of amides is 2. The molecule has 2 saturated heterocycles. The summed E-state index contributed by atoms with van der Waals surface area (Å²) in [7, 11) is 0. The normalized spacial score (nSPS) is 13.9. The lowest BCUT2D eigenvalue weighted by Gasteiger charge is -2.35. The van der Waals surface area contributed by atoms with E-state index in [1.54, 1.807) is 6.07 Å². The van der Waals surface area contributed by atoms with Gasteiger partial charge in [-0.3, -0.25) is 19.3 Å². The molecule has 2 aliphatic heterocycles. The summed E-state index contributed by atoms with van der Waals surface area (Å²) in [5.74, 6) is 2.31. The van der Waals surface area contributed by atoms with Crippen LogP contribution in [0.1, 0.15) is 122 Å². The molecule has 0 aliphatic carbocycles. The van der Waals surface area contributed by atoms with Crippen LogP contribution in [-0.4, -0.2) is 96.3 Å². The van der Waals surface area contributed by atoms with E-state index in [1.807, 2.05) is 97.3 Å². The minimum atomic E-state index is -0.674. The Morgan fingerprint density at radius 1 is 0.526 bits per heavy atom. The van der Waals surface area contributed by atoms with Gasteiger partial charge in [0.1, 0.15) is 23.0 Å². The van der Waals surface area contributed by atoms with Crippen molar-refractivity contribution in [2.45, 2.75) is 83.7 Å². The molecule has 10 nitrogen and oxygen atoms in total. The molecule has 2 fully saturated rings. The number of β-amino-alcohol motifs (C(OH)–C–C–N with tert-alkyl or cyclic N) is 1. The lowest BCUT2D eigenvalue weighted by Crippen LogP contribution is -2.49. The first-order valence-corrected chi connectivity index (χ1v) is 27.2. The molecule has 0 spiro atoms. The molecule has 10 rings (SSSR count). The van der Waals surface area contributed by atoms with Crippen LogP contribution in [-0.2, 0) is 9.59 Å². The van der Waals surface area contributed by atoms with Crippen molar-refractivity contribution in [2.24, 2.45) is 0 Å². The van der Waals surface area contributed by atoms with Crippen LogP contribution >= 0.6 is 12.4 Å². The Kier molecular flexibility index (Phi) is 24.1. The molecule has 8 aromatic rings. The third-order valence-electron chi connectivity index (χ3n) is 14.0. The second-order valence-electron chi connectivity index (χ2n) is 19.0. The smallest absolute Gasteiger partial charge is 0.222 e. The van der Waals surface area contributed by atoms with Crippen LogP contribution in [0.2, 0.25) is 0 Å². The zero-order valence-electron chi connectivity index (χ0n) is 44.6. The van der Waals surface area contributed by atoms with Crippen LogP contribution in [0.25, 0.3) is 21.9 Å². The van der Waals surface area contributed by atoms with E-state index in [0.717, 1.165) is 86.9 Å². The van der Waals surface area contributed by atoms with E-state index < -0.39 is 6.10 Å². The van der Waals surface area contributed by atoms with E-state index in [2.05, 4.69) is 119 Å². The van der Waals surface area contributed by atoms with Crippen molar-refractivity contribution in [1.82, 2.24) is 20.0 Å². The molecule has 0 radical (unpaired) electrons. The second-order valence-corrected chi connectivity index (χ2v) is 19.0. The minimum Gasteiger partial charge on any atom is -0.458 e. The van der Waals surface area contributed by atoms with Gasteiger partial charge in [0, 0.05) is 101 Å². The predicted octanol–water partition coefficient (Wildman–Crippen LogP) is 13.5. The largest absolute Gasteiger partial charge is 0.458 e. The van der Waals surface area contributed by atoms with Crippen molar-refractivity contribution in [2.75, 3.05) is 58.9 Å². The molecule has 2 aromatic heterocycles. The average molecular weight is 1050 g/mol. The van der Waals surface area contributed by atoms with E-state index in [0.29, 0.717) is 68.2 Å². The van der Waals surface area contributed by atoms with Gasteiger partial charge < -0.3 is 29.1 Å². The van der Waals surface area contributed by atoms with Crippen molar-refractivity contribution in [3.05, 3.63) is 216 Å². The van der Waals surface area contributed by atoms with Gasteiger partial charge in [-0.25, -0.2) is 0 Å². The maximum atomic E-state index is 12.9. The standard InChI is InChI=1S/C31H34N2O3.C21H26N2O.C11H10O2.C2H6.ClH/c34-28(30-22-26-14-7-8-16-29(26)36-30)23-32-18-20-33(21-19-32)31(35)17-9-15-27(24-10-3-1-4-11-24)25-12-5-2-6-13-25;24-21(23-16-14-22-15-17-23)13-7-12-20(18-8-3-1-4-9-18)19-10-5-2-6-11-19;1-2-9(12)11-7-8-5-3-4-6-10(8)13-11;1-2;/h1-8,10-14,16,22,27-28,34H,9,15,17-21,23H2;1-6,8-11,20,22H,7,12-17H2;3-7H,2H2,1H3;1-2H3;1H. The lowest BCUT2D eigenvalue weighted by molar-refractivity contribution is -0.133. The fourth-order valence-electron chi connectivity index (χ4n) is 9.91. The van der Waals surface area contributed by atoms with Crippen molar-refractivity contribution >= 4 is 51.9 Å². The molecule has 0 saturated carbocycles. The molecule has 76 heavy (non-hydrogen) atoms. The number of ketones is 1. The summed E-state index contributed by atoms with van der Waals surface area (Å²) in [6.07, 6.45) is 4.77. The van der Waals surface area contributed by atoms with Crippen molar-refractivity contribution in [3.8, 4) is 0 Å². The van der Waals surface area contributed by atoms with E-state index in [4.69, 9.17) is 8.83 Å². The fraction of sp³-hybridized carbons (Fsp3) is 0.338. The Morgan fingerprint density at radius 2 is 0.921 bits per heavy atom. The van der Waals surface area contributed by atoms with Gasteiger partial charge >= 0.3 is 0 Å². The van der Waals surface area contributed by atoms with E-state index in [1.165, 1.54) is 22.3 Å². The van der Waals surface area contributed by atoms with Crippen LogP contribution in [0.3, 0.4) is 0 Å². The number of fused-ring (bicyclic) bond motifs is 2.